The van der Waals surface area contributed by atoms with Gasteiger partial charge in [0.25, 0.3) is 11.5 Å². The quantitative estimate of drug-likeness (QED) is 0.264. The van der Waals surface area contributed by atoms with Gasteiger partial charge in [0.05, 0.1) is 10.9 Å². The van der Waals surface area contributed by atoms with E-state index in [1.807, 2.05) is 30.0 Å². The minimum Gasteiger partial charge on any atom is -0.339 e. The number of nitrogens with zero attached hydrogens (tertiary/aromatic N) is 4. The van der Waals surface area contributed by atoms with Gasteiger partial charge in [-0.2, -0.15) is 0 Å². The van der Waals surface area contributed by atoms with Crippen molar-refractivity contribution in [3.63, 3.8) is 0 Å². The summed E-state index contributed by atoms with van der Waals surface area (Å²) in [4.78, 5) is 34.0. The Kier molecular flexibility index (Phi) is 7.72. The number of hydrogen-bond donors (Lipinski definition) is 1. The minimum atomic E-state index is -0.202. The summed E-state index contributed by atoms with van der Waals surface area (Å²) in [6.45, 7) is 5.99. The maximum atomic E-state index is 13.8. The topological polar surface area (TPSA) is 83.5 Å². The van der Waals surface area contributed by atoms with Crippen LogP contribution in [0.4, 0.5) is 0 Å². The molecule has 1 fully saturated rings. The second-order valence-corrected chi connectivity index (χ2v) is 10.6. The molecule has 0 bridgehead atoms. The Morgan fingerprint density at radius 3 is 2.53 bits per heavy atom. The maximum Gasteiger partial charge on any atom is 0.267 e. The van der Waals surface area contributed by atoms with Gasteiger partial charge >= 0.3 is 0 Å². The van der Waals surface area contributed by atoms with Gasteiger partial charge in [-0.3, -0.25) is 19.4 Å². The van der Waals surface area contributed by atoms with Crippen molar-refractivity contribution >= 4 is 22.6 Å². The number of likely N-dealkylation sites (tertiary alicyclic amines) is 1. The molecular weight excluding hydrogens is 474 g/mol. The van der Waals surface area contributed by atoms with Crippen LogP contribution in [0.5, 0.6) is 0 Å². The molecule has 0 unspecified atom stereocenters. The summed E-state index contributed by atoms with van der Waals surface area (Å²) in [5.74, 6) is 0.381. The van der Waals surface area contributed by atoms with Gasteiger partial charge in [-0.15, -0.1) is 0 Å². The lowest BCUT2D eigenvalue weighted by molar-refractivity contribution is 0.0687. The number of hydrogen-bond acceptors (Lipinski definition) is 4. The number of aryl methyl sites for hydroxylation is 2. The van der Waals surface area contributed by atoms with Crippen LogP contribution < -0.4 is 11.0 Å². The van der Waals surface area contributed by atoms with Gasteiger partial charge in [0, 0.05) is 25.8 Å². The van der Waals surface area contributed by atoms with Gasteiger partial charge in [-0.1, -0.05) is 62.6 Å². The van der Waals surface area contributed by atoms with Gasteiger partial charge in [0.2, 0.25) is 0 Å². The molecule has 4 heterocycles. The SMILES string of the molecule is CCCCCCn1c(=N)c(C(=O)N2CCC(Cc3ccccc3)CC2)cc2c(=O)n3cccc(C)c3nc21. The zero-order valence-electron chi connectivity index (χ0n) is 22.4. The predicted molar refractivity (Wildman–Crippen MR) is 150 cm³/mol. The largest absolute Gasteiger partial charge is 0.339 e. The van der Waals surface area contributed by atoms with E-state index in [0.29, 0.717) is 47.8 Å². The first-order valence-electron chi connectivity index (χ1n) is 13.9. The summed E-state index contributed by atoms with van der Waals surface area (Å²) in [6.07, 6.45) is 8.74. The lowest BCUT2D eigenvalue weighted by Gasteiger charge is -2.32. The van der Waals surface area contributed by atoms with E-state index in [9.17, 15) is 9.59 Å². The number of carbonyl (C=O) groups excluding carboxylic acids is 1. The van der Waals surface area contributed by atoms with E-state index in [1.54, 1.807) is 21.2 Å². The van der Waals surface area contributed by atoms with Crippen LogP contribution >= 0.6 is 0 Å². The molecule has 0 aliphatic carbocycles. The molecular formula is C31H37N5O2. The van der Waals surface area contributed by atoms with Crippen LogP contribution in [0.2, 0.25) is 0 Å². The van der Waals surface area contributed by atoms with Crippen molar-refractivity contribution in [1.29, 1.82) is 5.41 Å². The Morgan fingerprint density at radius 2 is 1.79 bits per heavy atom. The molecule has 0 spiro atoms. The zero-order chi connectivity index (χ0) is 26.6. The van der Waals surface area contributed by atoms with E-state index < -0.39 is 0 Å². The van der Waals surface area contributed by atoms with Gasteiger partial charge in [-0.05, 0) is 61.8 Å². The Balaban J connectivity index is 1.48. The van der Waals surface area contributed by atoms with Crippen LogP contribution in [-0.2, 0) is 13.0 Å². The van der Waals surface area contributed by atoms with Crippen LogP contribution in [0.3, 0.4) is 0 Å². The van der Waals surface area contributed by atoms with Crippen molar-refractivity contribution in [3.8, 4) is 0 Å². The molecule has 0 atom stereocenters. The van der Waals surface area contributed by atoms with Crippen molar-refractivity contribution < 1.29 is 4.79 Å². The van der Waals surface area contributed by atoms with Gasteiger partial charge in [-0.25, -0.2) is 4.98 Å². The maximum absolute atomic E-state index is 13.8. The molecule has 1 aliphatic rings. The second-order valence-electron chi connectivity index (χ2n) is 10.6. The Bertz CT molecular complexity index is 1560. The van der Waals surface area contributed by atoms with Crippen LogP contribution in [0.15, 0.2) is 59.5 Å². The Labute approximate surface area is 223 Å². The molecule has 5 rings (SSSR count). The standard InChI is InChI=1S/C31H37N5O2/c1-3-4-5-9-16-35-27(32)25(21-26-29(35)33-28-22(2)11-10-17-36(28)31(26)38)30(37)34-18-14-24(15-19-34)20-23-12-7-6-8-13-23/h6-8,10-13,17,21,24,32H,3-5,9,14-16,18-20H2,1-2H3. The highest BCUT2D eigenvalue weighted by molar-refractivity contribution is 5.97. The molecule has 1 amide bonds. The molecule has 1 saturated heterocycles. The fourth-order valence-electron chi connectivity index (χ4n) is 5.63. The highest BCUT2D eigenvalue weighted by Crippen LogP contribution is 2.23. The average Bonchev–Trinajstić information content (AvgIpc) is 2.93. The van der Waals surface area contributed by atoms with Gasteiger partial charge in [0.15, 0.2) is 0 Å². The molecule has 1 aromatic carbocycles. The molecule has 198 valence electrons. The van der Waals surface area contributed by atoms with E-state index in [-0.39, 0.29) is 17.0 Å². The molecule has 1 N–H and O–H groups in total. The number of unbranched alkanes of at least 4 members (excludes halogenated alkanes) is 3. The molecule has 3 aromatic heterocycles. The van der Waals surface area contributed by atoms with E-state index >= 15 is 0 Å². The summed E-state index contributed by atoms with van der Waals surface area (Å²) in [7, 11) is 0. The van der Waals surface area contributed by atoms with Crippen LogP contribution in [0.25, 0.3) is 16.7 Å². The molecule has 0 saturated carbocycles. The zero-order valence-corrected chi connectivity index (χ0v) is 22.4. The number of aromatic nitrogens is 3. The number of pyridine rings is 2. The number of piperidine rings is 1. The number of fused-ring (bicyclic) bond motifs is 2. The summed E-state index contributed by atoms with van der Waals surface area (Å²) in [5.41, 5.74) is 3.55. The Hall–Kier alpha value is -3.74. The van der Waals surface area contributed by atoms with Crippen molar-refractivity contribution in [1.82, 2.24) is 18.9 Å². The van der Waals surface area contributed by atoms with Crippen LogP contribution in [0, 0.1) is 18.3 Å². The molecule has 1 aliphatic heterocycles. The summed E-state index contributed by atoms with van der Waals surface area (Å²) in [5, 5.41) is 9.44. The lowest BCUT2D eigenvalue weighted by atomic mass is 9.90. The smallest absolute Gasteiger partial charge is 0.267 e. The van der Waals surface area contributed by atoms with E-state index in [1.165, 1.54) is 5.56 Å². The number of carbonyl (C=O) groups is 1. The average molecular weight is 512 g/mol. The van der Waals surface area contributed by atoms with Crippen molar-refractivity contribution in [2.75, 3.05) is 13.1 Å². The third kappa shape index (κ3) is 5.15. The normalized spacial score (nSPS) is 14.4. The number of amides is 1. The monoisotopic (exact) mass is 511 g/mol. The minimum absolute atomic E-state index is 0.148. The highest BCUT2D eigenvalue weighted by atomic mass is 16.2. The summed E-state index contributed by atoms with van der Waals surface area (Å²) < 4.78 is 3.33. The van der Waals surface area contributed by atoms with E-state index in [2.05, 4.69) is 31.2 Å². The summed E-state index contributed by atoms with van der Waals surface area (Å²) >= 11 is 0. The van der Waals surface area contributed by atoms with Crippen molar-refractivity contribution in [3.05, 3.63) is 87.3 Å². The lowest BCUT2D eigenvalue weighted by Crippen LogP contribution is -2.42. The third-order valence-corrected chi connectivity index (χ3v) is 7.87. The number of benzene rings is 1. The van der Waals surface area contributed by atoms with E-state index in [0.717, 1.165) is 50.5 Å². The van der Waals surface area contributed by atoms with Gasteiger partial charge < -0.3 is 9.47 Å². The van der Waals surface area contributed by atoms with Crippen LogP contribution in [-0.4, -0.2) is 37.8 Å². The molecule has 7 nitrogen and oxygen atoms in total. The fraction of sp³-hybridized carbons (Fsp3) is 0.419. The summed E-state index contributed by atoms with van der Waals surface area (Å²) in [6, 6.07) is 15.9. The van der Waals surface area contributed by atoms with E-state index in [4.69, 9.17) is 10.4 Å². The predicted octanol–water partition coefficient (Wildman–Crippen LogP) is 5.11. The molecule has 7 heteroatoms. The first-order chi connectivity index (χ1) is 18.5. The number of rotatable bonds is 8. The molecule has 0 radical (unpaired) electrons. The second kappa shape index (κ2) is 11.3. The molecule has 4 aromatic rings. The van der Waals surface area contributed by atoms with Crippen molar-refractivity contribution in [2.24, 2.45) is 5.92 Å². The molecule has 38 heavy (non-hydrogen) atoms. The first-order valence-corrected chi connectivity index (χ1v) is 13.9. The fourth-order valence-corrected chi connectivity index (χ4v) is 5.63. The third-order valence-electron chi connectivity index (χ3n) is 7.87. The van der Waals surface area contributed by atoms with Crippen molar-refractivity contribution in [2.45, 2.75) is 65.3 Å². The Morgan fingerprint density at radius 1 is 1.03 bits per heavy atom. The van der Waals surface area contributed by atoms with Gasteiger partial charge in [0.1, 0.15) is 16.8 Å². The van der Waals surface area contributed by atoms with Crippen LogP contribution in [0.1, 0.15) is 66.9 Å². The number of nitrogens with one attached hydrogen (secondary N) is 1. The first kappa shape index (κ1) is 25.9. The highest BCUT2D eigenvalue weighted by Gasteiger charge is 2.26.